The Balaban J connectivity index is 1.99. The first-order chi connectivity index (χ1) is 8.85. The Morgan fingerprint density at radius 1 is 1.11 bits per heavy atom. The molecular formula is C15H11N3. The Morgan fingerprint density at radius 2 is 1.94 bits per heavy atom. The zero-order chi connectivity index (χ0) is 12.4. The zero-order valence-corrected chi connectivity index (χ0v) is 9.74. The van der Waals surface area contributed by atoms with Gasteiger partial charge in [0.15, 0.2) is 0 Å². The molecule has 0 amide bonds. The van der Waals surface area contributed by atoms with Gasteiger partial charge in [-0.15, -0.1) is 0 Å². The quantitative estimate of drug-likeness (QED) is 0.682. The van der Waals surface area contributed by atoms with Gasteiger partial charge in [0.25, 0.3) is 0 Å². The van der Waals surface area contributed by atoms with Gasteiger partial charge in [0.2, 0.25) is 0 Å². The molecule has 0 saturated heterocycles. The third kappa shape index (κ3) is 1.96. The highest BCUT2D eigenvalue weighted by Gasteiger charge is 1.99. The van der Waals surface area contributed by atoms with E-state index in [9.17, 15) is 0 Å². The third-order valence-corrected chi connectivity index (χ3v) is 2.96. The Hall–Kier alpha value is -2.60. The zero-order valence-electron chi connectivity index (χ0n) is 9.74. The Bertz CT molecular complexity index is 721. The fraction of sp³-hybridized carbons (Fsp3) is 0.0667. The first-order valence-corrected chi connectivity index (χ1v) is 5.74. The van der Waals surface area contributed by atoms with Crippen molar-refractivity contribution in [3.63, 3.8) is 0 Å². The molecule has 0 atom stereocenters. The second-order valence-electron chi connectivity index (χ2n) is 4.24. The smallest absolute Gasteiger partial charge is 0.0991 e. The molecule has 0 N–H and O–H groups in total. The monoisotopic (exact) mass is 233 g/mol. The van der Waals surface area contributed by atoms with Crippen LogP contribution in [0.1, 0.15) is 11.1 Å². The molecule has 1 heterocycles. The summed E-state index contributed by atoms with van der Waals surface area (Å²) in [6.45, 7) is 0.815. The van der Waals surface area contributed by atoms with Crippen LogP contribution >= 0.6 is 0 Å². The molecule has 86 valence electrons. The lowest BCUT2D eigenvalue weighted by molar-refractivity contribution is 0.798. The molecule has 18 heavy (non-hydrogen) atoms. The van der Waals surface area contributed by atoms with Crippen molar-refractivity contribution in [1.29, 1.82) is 5.26 Å². The molecule has 1 aromatic heterocycles. The normalized spacial score (nSPS) is 10.4. The van der Waals surface area contributed by atoms with Crippen LogP contribution in [0.4, 0.5) is 0 Å². The van der Waals surface area contributed by atoms with E-state index >= 15 is 0 Å². The summed E-state index contributed by atoms with van der Waals surface area (Å²) in [7, 11) is 0. The van der Waals surface area contributed by atoms with Gasteiger partial charge < -0.3 is 4.57 Å². The summed E-state index contributed by atoms with van der Waals surface area (Å²) in [5, 5.41) is 11.1. The van der Waals surface area contributed by atoms with Crippen molar-refractivity contribution in [3.8, 4) is 6.07 Å². The standard InChI is InChI=1S/C15H11N3/c16-9-12-1-3-15-8-13(2-4-14(15)7-12)10-18-6-5-17-11-18/h1-8,11H,10H2. The number of hydrogen-bond acceptors (Lipinski definition) is 2. The third-order valence-electron chi connectivity index (χ3n) is 2.96. The largest absolute Gasteiger partial charge is 0.333 e. The molecule has 0 aliphatic carbocycles. The maximum atomic E-state index is 8.86. The average Bonchev–Trinajstić information content (AvgIpc) is 2.91. The summed E-state index contributed by atoms with van der Waals surface area (Å²) >= 11 is 0. The SMILES string of the molecule is N#Cc1ccc2cc(Cn3ccnc3)ccc2c1. The minimum absolute atomic E-state index is 0.699. The molecule has 0 aliphatic heterocycles. The van der Waals surface area contributed by atoms with Gasteiger partial charge in [-0.1, -0.05) is 18.2 Å². The second-order valence-corrected chi connectivity index (χ2v) is 4.24. The average molecular weight is 233 g/mol. The van der Waals surface area contributed by atoms with Crippen molar-refractivity contribution in [2.45, 2.75) is 6.54 Å². The lowest BCUT2D eigenvalue weighted by Gasteiger charge is -2.05. The Labute approximate surface area is 105 Å². The summed E-state index contributed by atoms with van der Waals surface area (Å²) in [5.74, 6) is 0. The van der Waals surface area contributed by atoms with Crippen LogP contribution in [0.15, 0.2) is 55.1 Å². The molecule has 3 aromatic rings. The molecule has 3 heteroatoms. The van der Waals surface area contributed by atoms with Crippen molar-refractivity contribution in [2.24, 2.45) is 0 Å². The van der Waals surface area contributed by atoms with Gasteiger partial charge in [-0.25, -0.2) is 4.98 Å². The van der Waals surface area contributed by atoms with E-state index in [0.717, 1.165) is 17.3 Å². The van der Waals surface area contributed by atoms with Crippen molar-refractivity contribution >= 4 is 10.8 Å². The first-order valence-electron chi connectivity index (χ1n) is 5.74. The maximum Gasteiger partial charge on any atom is 0.0991 e. The molecule has 3 nitrogen and oxygen atoms in total. The minimum atomic E-state index is 0.699. The molecule has 2 aromatic carbocycles. The number of aromatic nitrogens is 2. The number of benzene rings is 2. The summed E-state index contributed by atoms with van der Waals surface area (Å²) in [5.41, 5.74) is 1.93. The molecular weight excluding hydrogens is 222 g/mol. The number of nitriles is 1. The molecule has 0 saturated carbocycles. The summed E-state index contributed by atoms with van der Waals surface area (Å²) in [6, 6.07) is 14.2. The molecule has 0 spiro atoms. The minimum Gasteiger partial charge on any atom is -0.333 e. The fourth-order valence-electron chi connectivity index (χ4n) is 2.05. The van der Waals surface area contributed by atoms with Crippen molar-refractivity contribution < 1.29 is 0 Å². The first kappa shape index (κ1) is 10.5. The van der Waals surface area contributed by atoms with Crippen LogP contribution in [0, 0.1) is 11.3 Å². The number of nitrogens with zero attached hydrogens (tertiary/aromatic N) is 3. The van der Waals surface area contributed by atoms with Gasteiger partial charge in [0.1, 0.15) is 0 Å². The predicted octanol–water partition coefficient (Wildman–Crippen LogP) is 2.96. The lowest BCUT2D eigenvalue weighted by atomic mass is 10.0. The van der Waals surface area contributed by atoms with E-state index in [0.29, 0.717) is 5.56 Å². The van der Waals surface area contributed by atoms with Crippen molar-refractivity contribution in [3.05, 3.63) is 66.2 Å². The number of imidazole rings is 1. The predicted molar refractivity (Wildman–Crippen MR) is 70.0 cm³/mol. The molecule has 3 rings (SSSR count). The van der Waals surface area contributed by atoms with Crippen molar-refractivity contribution in [1.82, 2.24) is 9.55 Å². The summed E-state index contributed by atoms with van der Waals surface area (Å²) in [6.07, 6.45) is 5.53. The van der Waals surface area contributed by atoms with Crippen LogP contribution in [0.2, 0.25) is 0 Å². The number of hydrogen-bond donors (Lipinski definition) is 0. The van der Waals surface area contributed by atoms with E-state index in [-0.39, 0.29) is 0 Å². The topological polar surface area (TPSA) is 41.6 Å². The van der Waals surface area contributed by atoms with E-state index < -0.39 is 0 Å². The van der Waals surface area contributed by atoms with Crippen LogP contribution < -0.4 is 0 Å². The number of fused-ring (bicyclic) bond motifs is 1. The molecule has 0 bridgehead atoms. The van der Waals surface area contributed by atoms with Crippen LogP contribution in [0.3, 0.4) is 0 Å². The van der Waals surface area contributed by atoms with E-state index in [4.69, 9.17) is 5.26 Å². The highest BCUT2D eigenvalue weighted by atomic mass is 15.0. The van der Waals surface area contributed by atoms with Gasteiger partial charge in [-0.05, 0) is 34.5 Å². The number of rotatable bonds is 2. The van der Waals surface area contributed by atoms with E-state index in [1.165, 1.54) is 5.56 Å². The second kappa shape index (κ2) is 4.34. The Kier molecular flexibility index (Phi) is 2.54. The van der Waals surface area contributed by atoms with Crippen LogP contribution in [0.5, 0.6) is 0 Å². The Morgan fingerprint density at radius 3 is 2.72 bits per heavy atom. The van der Waals surface area contributed by atoms with E-state index in [1.54, 1.807) is 6.20 Å². The van der Waals surface area contributed by atoms with E-state index in [2.05, 4.69) is 29.3 Å². The summed E-state index contributed by atoms with van der Waals surface area (Å²) < 4.78 is 2.03. The van der Waals surface area contributed by atoms with Crippen molar-refractivity contribution in [2.75, 3.05) is 0 Å². The van der Waals surface area contributed by atoms with Gasteiger partial charge in [-0.2, -0.15) is 5.26 Å². The van der Waals surface area contributed by atoms with Gasteiger partial charge >= 0.3 is 0 Å². The maximum absolute atomic E-state index is 8.86. The molecule has 0 aliphatic rings. The molecule has 0 fully saturated rings. The van der Waals surface area contributed by atoms with Crippen LogP contribution in [0.25, 0.3) is 10.8 Å². The van der Waals surface area contributed by atoms with Gasteiger partial charge in [0, 0.05) is 18.9 Å². The molecule has 0 unspecified atom stereocenters. The fourth-order valence-corrected chi connectivity index (χ4v) is 2.05. The molecule has 0 radical (unpaired) electrons. The van der Waals surface area contributed by atoms with E-state index in [1.807, 2.05) is 35.3 Å². The van der Waals surface area contributed by atoms with Gasteiger partial charge in [0.05, 0.1) is 18.0 Å². The highest BCUT2D eigenvalue weighted by Crippen LogP contribution is 2.18. The van der Waals surface area contributed by atoms with Crippen LogP contribution in [-0.4, -0.2) is 9.55 Å². The van der Waals surface area contributed by atoms with Gasteiger partial charge in [-0.3, -0.25) is 0 Å². The van der Waals surface area contributed by atoms with Crippen LogP contribution in [-0.2, 0) is 6.54 Å². The summed E-state index contributed by atoms with van der Waals surface area (Å²) in [4.78, 5) is 4.03. The highest BCUT2D eigenvalue weighted by molar-refractivity contribution is 5.84. The lowest BCUT2D eigenvalue weighted by Crippen LogP contribution is -1.95.